The van der Waals surface area contributed by atoms with Crippen molar-refractivity contribution in [1.82, 2.24) is 9.97 Å². The third-order valence-corrected chi connectivity index (χ3v) is 5.12. The number of nitrogens with zero attached hydrogens (tertiary/aromatic N) is 2. The number of allylic oxidation sites excluding steroid dienone is 1. The number of hydrogen-bond donors (Lipinski definition) is 0. The molecule has 0 fully saturated rings. The number of rotatable bonds is 6. The molecule has 4 aromatic rings. The molecule has 2 aromatic carbocycles. The van der Waals surface area contributed by atoms with Gasteiger partial charge in [-0.25, -0.2) is 9.97 Å². The van der Waals surface area contributed by atoms with E-state index in [-0.39, 0.29) is 0 Å². The van der Waals surface area contributed by atoms with Crippen LogP contribution in [0.2, 0.25) is 0 Å². The van der Waals surface area contributed by atoms with Crippen molar-refractivity contribution in [3.05, 3.63) is 78.5 Å². The van der Waals surface area contributed by atoms with Crippen molar-refractivity contribution in [1.29, 1.82) is 0 Å². The summed E-state index contributed by atoms with van der Waals surface area (Å²) in [6.07, 6.45) is 4.17. The van der Waals surface area contributed by atoms with Crippen LogP contribution in [0.4, 0.5) is 0 Å². The highest BCUT2D eigenvalue weighted by Gasteiger charge is 2.16. The van der Waals surface area contributed by atoms with Gasteiger partial charge in [0.1, 0.15) is 11.2 Å². The Hall–Kier alpha value is -3.18. The third kappa shape index (κ3) is 3.41. The average molecular weight is 374 g/mol. The van der Waals surface area contributed by atoms with Crippen molar-refractivity contribution in [3.8, 4) is 28.5 Å². The standard InChI is InChI=1S/C22H18N2O2S/c1-3-7-15-10-11-18(19(12-15)25-2)26-21-20-17(16-8-5-4-6-9-16)13-27-22(20)24-14-23-21/h3-6,8-14H,1,7H2,2H3. The SMILES string of the molecule is C=CCc1ccc(Oc2ncnc3scc(-c4ccccc4)c23)c(OC)c1. The van der Waals surface area contributed by atoms with E-state index in [1.807, 2.05) is 42.5 Å². The van der Waals surface area contributed by atoms with Crippen LogP contribution in [-0.2, 0) is 6.42 Å². The van der Waals surface area contributed by atoms with E-state index in [0.29, 0.717) is 17.4 Å². The molecule has 0 radical (unpaired) electrons. The third-order valence-electron chi connectivity index (χ3n) is 4.23. The fourth-order valence-electron chi connectivity index (χ4n) is 2.95. The van der Waals surface area contributed by atoms with E-state index in [0.717, 1.165) is 33.3 Å². The fraction of sp³-hybridized carbons (Fsp3) is 0.0909. The first-order valence-corrected chi connectivity index (χ1v) is 9.41. The minimum atomic E-state index is 0.523. The summed E-state index contributed by atoms with van der Waals surface area (Å²) >= 11 is 1.58. The van der Waals surface area contributed by atoms with Crippen LogP contribution in [0, 0.1) is 0 Å². The predicted molar refractivity (Wildman–Crippen MR) is 110 cm³/mol. The highest BCUT2D eigenvalue weighted by molar-refractivity contribution is 7.17. The molecule has 4 rings (SSSR count). The Balaban J connectivity index is 1.79. The maximum Gasteiger partial charge on any atom is 0.231 e. The van der Waals surface area contributed by atoms with Gasteiger partial charge in [0.25, 0.3) is 0 Å². The first-order chi connectivity index (χ1) is 13.3. The van der Waals surface area contributed by atoms with E-state index in [2.05, 4.69) is 34.1 Å². The summed E-state index contributed by atoms with van der Waals surface area (Å²) in [5.74, 6) is 1.81. The van der Waals surface area contributed by atoms with Crippen molar-refractivity contribution in [2.75, 3.05) is 7.11 Å². The molecule has 4 nitrogen and oxygen atoms in total. The maximum atomic E-state index is 6.17. The molecule has 0 aliphatic carbocycles. The van der Waals surface area contributed by atoms with Crippen LogP contribution in [0.5, 0.6) is 17.4 Å². The second kappa shape index (κ2) is 7.60. The molecule has 0 aliphatic rings. The Morgan fingerprint density at radius 2 is 1.93 bits per heavy atom. The van der Waals surface area contributed by atoms with Gasteiger partial charge < -0.3 is 9.47 Å². The summed E-state index contributed by atoms with van der Waals surface area (Å²) in [5, 5.41) is 3.00. The number of methoxy groups -OCH3 is 1. The highest BCUT2D eigenvalue weighted by Crippen LogP contribution is 2.40. The lowest BCUT2D eigenvalue weighted by atomic mass is 10.1. The molecular weight excluding hydrogens is 356 g/mol. The molecule has 0 N–H and O–H groups in total. The fourth-order valence-corrected chi connectivity index (χ4v) is 3.86. The molecule has 2 heterocycles. The quantitative estimate of drug-likeness (QED) is 0.395. The van der Waals surface area contributed by atoms with Gasteiger partial charge in [0.05, 0.1) is 12.5 Å². The molecule has 0 spiro atoms. The van der Waals surface area contributed by atoms with Crippen LogP contribution >= 0.6 is 11.3 Å². The minimum absolute atomic E-state index is 0.523. The first kappa shape index (κ1) is 17.2. The second-order valence-corrected chi connectivity index (χ2v) is 6.81. The van der Waals surface area contributed by atoms with Crippen molar-refractivity contribution in [2.45, 2.75) is 6.42 Å². The molecule has 0 saturated heterocycles. The van der Waals surface area contributed by atoms with Crippen molar-refractivity contribution in [2.24, 2.45) is 0 Å². The van der Waals surface area contributed by atoms with E-state index in [4.69, 9.17) is 9.47 Å². The van der Waals surface area contributed by atoms with Gasteiger partial charge in [-0.1, -0.05) is 42.5 Å². The van der Waals surface area contributed by atoms with E-state index in [1.54, 1.807) is 18.4 Å². The van der Waals surface area contributed by atoms with E-state index < -0.39 is 0 Å². The van der Waals surface area contributed by atoms with Crippen LogP contribution in [0.15, 0.2) is 72.9 Å². The summed E-state index contributed by atoms with van der Waals surface area (Å²) in [7, 11) is 1.63. The van der Waals surface area contributed by atoms with E-state index in [9.17, 15) is 0 Å². The lowest BCUT2D eigenvalue weighted by Gasteiger charge is -2.12. The molecule has 0 saturated carbocycles. The summed E-state index contributed by atoms with van der Waals surface area (Å²) in [6.45, 7) is 3.78. The zero-order valence-corrected chi connectivity index (χ0v) is 15.7. The van der Waals surface area contributed by atoms with Crippen LogP contribution < -0.4 is 9.47 Å². The predicted octanol–water partition coefficient (Wildman–Crippen LogP) is 5.89. The number of benzene rings is 2. The molecule has 2 aromatic heterocycles. The normalized spacial score (nSPS) is 10.7. The van der Waals surface area contributed by atoms with Gasteiger partial charge >= 0.3 is 0 Å². The number of aromatic nitrogens is 2. The van der Waals surface area contributed by atoms with Crippen LogP contribution in [0.3, 0.4) is 0 Å². The Morgan fingerprint density at radius 1 is 1.07 bits per heavy atom. The zero-order chi connectivity index (χ0) is 18.6. The molecule has 27 heavy (non-hydrogen) atoms. The van der Waals surface area contributed by atoms with E-state index >= 15 is 0 Å². The molecular formula is C22H18N2O2S. The van der Waals surface area contributed by atoms with Gasteiger partial charge in [0.15, 0.2) is 11.5 Å². The molecule has 0 amide bonds. The van der Waals surface area contributed by atoms with Crippen LogP contribution in [-0.4, -0.2) is 17.1 Å². The number of ether oxygens (including phenoxy) is 2. The topological polar surface area (TPSA) is 44.2 Å². The maximum absolute atomic E-state index is 6.17. The Labute approximate surface area is 161 Å². The van der Waals surface area contributed by atoms with Crippen molar-refractivity contribution in [3.63, 3.8) is 0 Å². The van der Waals surface area contributed by atoms with Crippen molar-refractivity contribution < 1.29 is 9.47 Å². The van der Waals surface area contributed by atoms with Gasteiger partial charge in [-0.3, -0.25) is 0 Å². The van der Waals surface area contributed by atoms with Gasteiger partial charge in [0, 0.05) is 10.9 Å². The second-order valence-electron chi connectivity index (χ2n) is 5.95. The van der Waals surface area contributed by atoms with Gasteiger partial charge in [0.2, 0.25) is 5.88 Å². The van der Waals surface area contributed by atoms with Crippen molar-refractivity contribution >= 4 is 21.6 Å². The number of thiophene rings is 1. The molecule has 0 bridgehead atoms. The summed E-state index contributed by atoms with van der Waals surface area (Å²) < 4.78 is 11.7. The lowest BCUT2D eigenvalue weighted by Crippen LogP contribution is -1.95. The monoisotopic (exact) mass is 374 g/mol. The first-order valence-electron chi connectivity index (χ1n) is 8.53. The lowest BCUT2D eigenvalue weighted by molar-refractivity contribution is 0.375. The number of hydrogen-bond acceptors (Lipinski definition) is 5. The average Bonchev–Trinajstić information content (AvgIpc) is 3.15. The molecule has 0 unspecified atom stereocenters. The van der Waals surface area contributed by atoms with Gasteiger partial charge in [-0.15, -0.1) is 17.9 Å². The summed E-state index contributed by atoms with van der Waals surface area (Å²) in [4.78, 5) is 9.68. The van der Waals surface area contributed by atoms with Gasteiger partial charge in [-0.2, -0.15) is 0 Å². The molecule has 0 aliphatic heterocycles. The van der Waals surface area contributed by atoms with Gasteiger partial charge in [-0.05, 0) is 29.7 Å². The van der Waals surface area contributed by atoms with E-state index in [1.165, 1.54) is 6.33 Å². The zero-order valence-electron chi connectivity index (χ0n) is 14.9. The van der Waals surface area contributed by atoms with Crippen LogP contribution in [0.25, 0.3) is 21.3 Å². The highest BCUT2D eigenvalue weighted by atomic mass is 32.1. The number of fused-ring (bicyclic) bond motifs is 1. The Kier molecular flexibility index (Phi) is 4.85. The molecule has 5 heteroatoms. The molecule has 0 atom stereocenters. The largest absolute Gasteiger partial charge is 0.493 e. The molecule has 134 valence electrons. The summed E-state index contributed by atoms with van der Waals surface area (Å²) in [6, 6.07) is 16.0. The minimum Gasteiger partial charge on any atom is -0.493 e. The Morgan fingerprint density at radius 3 is 2.70 bits per heavy atom. The smallest absolute Gasteiger partial charge is 0.231 e. The van der Waals surface area contributed by atoms with Crippen LogP contribution in [0.1, 0.15) is 5.56 Å². The summed E-state index contributed by atoms with van der Waals surface area (Å²) in [5.41, 5.74) is 3.28. The Bertz CT molecular complexity index is 1090.